The quantitative estimate of drug-likeness (QED) is 0.593. The molecule has 2 aromatic heterocycles. The number of hydrogen-bond acceptors (Lipinski definition) is 3. The number of thiophene rings is 1. The van der Waals surface area contributed by atoms with Crippen molar-refractivity contribution >= 4 is 33.2 Å². The zero-order valence-corrected chi connectivity index (χ0v) is 12.6. The van der Waals surface area contributed by atoms with Crippen molar-refractivity contribution in [1.29, 1.82) is 0 Å². The Kier molecular flexibility index (Phi) is 3.03. The highest BCUT2D eigenvalue weighted by Gasteiger charge is 2.14. The minimum Gasteiger partial charge on any atom is -0.222 e. The lowest BCUT2D eigenvalue weighted by Crippen LogP contribution is -1.89. The molecule has 0 N–H and O–H groups in total. The van der Waals surface area contributed by atoms with Gasteiger partial charge in [-0.1, -0.05) is 35.4 Å². The monoisotopic (exact) mass is 288 g/mol. The SMILES string of the molecule is Cc1ccc(-c2csc3nc(C)nc(Cl)c23)c(C)c1. The van der Waals surface area contributed by atoms with Crippen molar-refractivity contribution in [2.75, 3.05) is 0 Å². The maximum Gasteiger partial charge on any atom is 0.142 e. The van der Waals surface area contributed by atoms with Gasteiger partial charge in [-0.15, -0.1) is 11.3 Å². The number of aryl methyl sites for hydroxylation is 3. The Bertz CT molecular complexity index is 777. The summed E-state index contributed by atoms with van der Waals surface area (Å²) in [4.78, 5) is 9.67. The average Bonchev–Trinajstić information content (AvgIpc) is 2.72. The van der Waals surface area contributed by atoms with Gasteiger partial charge >= 0.3 is 0 Å². The van der Waals surface area contributed by atoms with Crippen LogP contribution in [-0.4, -0.2) is 9.97 Å². The molecule has 0 saturated heterocycles. The van der Waals surface area contributed by atoms with Crippen LogP contribution in [0.25, 0.3) is 21.3 Å². The van der Waals surface area contributed by atoms with Gasteiger partial charge in [-0.25, -0.2) is 9.97 Å². The van der Waals surface area contributed by atoms with Crippen LogP contribution in [0.2, 0.25) is 5.15 Å². The van der Waals surface area contributed by atoms with E-state index < -0.39 is 0 Å². The van der Waals surface area contributed by atoms with E-state index >= 15 is 0 Å². The third kappa shape index (κ3) is 2.13. The van der Waals surface area contributed by atoms with Gasteiger partial charge in [0.05, 0.1) is 5.39 Å². The highest BCUT2D eigenvalue weighted by atomic mass is 35.5. The smallest absolute Gasteiger partial charge is 0.142 e. The number of aromatic nitrogens is 2. The van der Waals surface area contributed by atoms with E-state index in [0.29, 0.717) is 11.0 Å². The van der Waals surface area contributed by atoms with E-state index in [-0.39, 0.29) is 0 Å². The normalized spacial score (nSPS) is 11.2. The number of nitrogens with zero attached hydrogens (tertiary/aromatic N) is 2. The zero-order chi connectivity index (χ0) is 13.6. The molecule has 3 rings (SSSR count). The van der Waals surface area contributed by atoms with Gasteiger partial charge in [-0.3, -0.25) is 0 Å². The molecule has 0 aliphatic carbocycles. The lowest BCUT2D eigenvalue weighted by atomic mass is 9.99. The van der Waals surface area contributed by atoms with Crippen molar-refractivity contribution in [2.45, 2.75) is 20.8 Å². The molecule has 0 aliphatic rings. The van der Waals surface area contributed by atoms with Crippen molar-refractivity contribution in [3.63, 3.8) is 0 Å². The van der Waals surface area contributed by atoms with Crippen molar-refractivity contribution in [1.82, 2.24) is 9.97 Å². The Labute approximate surface area is 121 Å². The Morgan fingerprint density at radius 2 is 1.84 bits per heavy atom. The van der Waals surface area contributed by atoms with Crippen LogP contribution < -0.4 is 0 Å². The molecule has 96 valence electrons. The van der Waals surface area contributed by atoms with Gasteiger partial charge < -0.3 is 0 Å². The first-order valence-electron chi connectivity index (χ1n) is 6.05. The van der Waals surface area contributed by atoms with Gasteiger partial charge in [0, 0.05) is 10.9 Å². The molecule has 0 fully saturated rings. The van der Waals surface area contributed by atoms with E-state index in [1.54, 1.807) is 11.3 Å². The largest absolute Gasteiger partial charge is 0.222 e. The van der Waals surface area contributed by atoms with Crippen LogP contribution in [-0.2, 0) is 0 Å². The minimum atomic E-state index is 0.540. The molecule has 0 unspecified atom stereocenters. The zero-order valence-electron chi connectivity index (χ0n) is 11.0. The van der Waals surface area contributed by atoms with Crippen molar-refractivity contribution < 1.29 is 0 Å². The summed E-state index contributed by atoms with van der Waals surface area (Å²) < 4.78 is 0. The fourth-order valence-corrected chi connectivity index (χ4v) is 3.67. The van der Waals surface area contributed by atoms with Crippen LogP contribution >= 0.6 is 22.9 Å². The summed E-state index contributed by atoms with van der Waals surface area (Å²) in [6.07, 6.45) is 0. The number of fused-ring (bicyclic) bond motifs is 1. The summed E-state index contributed by atoms with van der Waals surface area (Å²) in [6.45, 7) is 6.08. The lowest BCUT2D eigenvalue weighted by Gasteiger charge is -2.06. The summed E-state index contributed by atoms with van der Waals surface area (Å²) in [5, 5.41) is 3.62. The third-order valence-corrected chi connectivity index (χ3v) is 4.32. The van der Waals surface area contributed by atoms with Crippen LogP contribution in [0.5, 0.6) is 0 Å². The minimum absolute atomic E-state index is 0.540. The first-order valence-corrected chi connectivity index (χ1v) is 7.31. The molecule has 19 heavy (non-hydrogen) atoms. The maximum atomic E-state index is 6.30. The van der Waals surface area contributed by atoms with Gasteiger partial charge in [0.2, 0.25) is 0 Å². The fourth-order valence-electron chi connectivity index (χ4n) is 2.31. The van der Waals surface area contributed by atoms with E-state index in [1.165, 1.54) is 16.7 Å². The topological polar surface area (TPSA) is 25.8 Å². The Hall–Kier alpha value is -1.45. The summed E-state index contributed by atoms with van der Waals surface area (Å²) in [5.74, 6) is 0.714. The molecule has 0 radical (unpaired) electrons. The Balaban J connectivity index is 2.31. The summed E-state index contributed by atoms with van der Waals surface area (Å²) in [7, 11) is 0. The van der Waals surface area contributed by atoms with Crippen molar-refractivity contribution in [3.05, 3.63) is 45.7 Å². The first kappa shape index (κ1) is 12.6. The third-order valence-electron chi connectivity index (χ3n) is 3.17. The van der Waals surface area contributed by atoms with Crippen LogP contribution in [0.4, 0.5) is 0 Å². The number of hydrogen-bond donors (Lipinski definition) is 0. The van der Waals surface area contributed by atoms with Crippen molar-refractivity contribution in [2.24, 2.45) is 0 Å². The lowest BCUT2D eigenvalue weighted by molar-refractivity contribution is 1.10. The second-order valence-electron chi connectivity index (χ2n) is 4.71. The maximum absolute atomic E-state index is 6.30. The molecule has 0 atom stereocenters. The summed E-state index contributed by atoms with van der Waals surface area (Å²) >= 11 is 7.91. The van der Waals surface area contributed by atoms with E-state index in [2.05, 4.69) is 47.4 Å². The van der Waals surface area contributed by atoms with Crippen LogP contribution in [0.15, 0.2) is 23.6 Å². The molecular weight excluding hydrogens is 276 g/mol. The summed E-state index contributed by atoms with van der Waals surface area (Å²) in [5.41, 5.74) is 4.84. The second-order valence-corrected chi connectivity index (χ2v) is 5.93. The van der Waals surface area contributed by atoms with Gasteiger partial charge in [-0.2, -0.15) is 0 Å². The molecule has 1 aromatic carbocycles. The Morgan fingerprint density at radius 1 is 1.05 bits per heavy atom. The molecular formula is C15H13ClN2S. The predicted molar refractivity (Wildman–Crippen MR) is 82.1 cm³/mol. The summed E-state index contributed by atoms with van der Waals surface area (Å²) in [6, 6.07) is 6.44. The van der Waals surface area contributed by atoms with E-state index in [4.69, 9.17) is 11.6 Å². The molecule has 0 bridgehead atoms. The van der Waals surface area contributed by atoms with Crippen LogP contribution in [0.3, 0.4) is 0 Å². The molecule has 0 amide bonds. The van der Waals surface area contributed by atoms with Gasteiger partial charge in [-0.05, 0) is 31.9 Å². The molecule has 2 nitrogen and oxygen atoms in total. The number of rotatable bonds is 1. The number of benzene rings is 1. The van der Waals surface area contributed by atoms with Gasteiger partial charge in [0.25, 0.3) is 0 Å². The van der Waals surface area contributed by atoms with Crippen LogP contribution in [0, 0.1) is 20.8 Å². The highest BCUT2D eigenvalue weighted by molar-refractivity contribution is 7.17. The fraction of sp³-hybridized carbons (Fsp3) is 0.200. The highest BCUT2D eigenvalue weighted by Crippen LogP contribution is 2.38. The van der Waals surface area contributed by atoms with Crippen LogP contribution in [0.1, 0.15) is 17.0 Å². The molecule has 0 spiro atoms. The Morgan fingerprint density at radius 3 is 2.58 bits per heavy atom. The standard InChI is InChI=1S/C15H13ClN2S/c1-8-4-5-11(9(2)6-8)12-7-19-15-13(12)14(16)17-10(3)18-15/h4-7H,1-3H3. The van der Waals surface area contributed by atoms with E-state index in [1.807, 2.05) is 6.92 Å². The number of halogens is 1. The van der Waals surface area contributed by atoms with E-state index in [0.717, 1.165) is 15.8 Å². The van der Waals surface area contributed by atoms with E-state index in [9.17, 15) is 0 Å². The predicted octanol–water partition coefficient (Wildman–Crippen LogP) is 4.94. The molecule has 3 aromatic rings. The van der Waals surface area contributed by atoms with Crippen molar-refractivity contribution in [3.8, 4) is 11.1 Å². The average molecular weight is 289 g/mol. The molecule has 2 heterocycles. The second kappa shape index (κ2) is 4.58. The first-order chi connectivity index (χ1) is 9.06. The van der Waals surface area contributed by atoms with Gasteiger partial charge in [0.1, 0.15) is 15.8 Å². The molecule has 4 heteroatoms. The van der Waals surface area contributed by atoms with Gasteiger partial charge in [0.15, 0.2) is 0 Å². The molecule has 0 saturated carbocycles. The molecule has 0 aliphatic heterocycles.